The van der Waals surface area contributed by atoms with E-state index < -0.39 is 0 Å². The van der Waals surface area contributed by atoms with Crippen LogP contribution in [0.5, 0.6) is 0 Å². The van der Waals surface area contributed by atoms with Crippen LogP contribution in [0.15, 0.2) is 54.6 Å². The second-order valence-electron chi connectivity index (χ2n) is 8.21. The Balaban J connectivity index is 1.71. The number of β-amino-alcohol motifs (C(OH)–C–C–N with tert-alkyl or cyclic N) is 1. The van der Waals surface area contributed by atoms with Crippen LogP contribution < -0.4 is 0 Å². The van der Waals surface area contributed by atoms with Gasteiger partial charge < -0.3 is 14.9 Å². The third-order valence-electron chi connectivity index (χ3n) is 5.69. The van der Waals surface area contributed by atoms with E-state index in [4.69, 9.17) is 0 Å². The Bertz CT molecular complexity index is 852. The Labute approximate surface area is 178 Å². The molecule has 0 aliphatic carbocycles. The van der Waals surface area contributed by atoms with Gasteiger partial charge in [0.15, 0.2) is 0 Å². The van der Waals surface area contributed by atoms with Gasteiger partial charge in [0, 0.05) is 46.3 Å². The number of rotatable bonds is 7. The van der Waals surface area contributed by atoms with Gasteiger partial charge in [0.25, 0.3) is 5.91 Å². The van der Waals surface area contributed by atoms with Crippen LogP contribution >= 0.6 is 0 Å². The summed E-state index contributed by atoms with van der Waals surface area (Å²) in [7, 11) is 5.28. The van der Waals surface area contributed by atoms with Crippen molar-refractivity contribution in [1.82, 2.24) is 14.7 Å². The molecule has 1 aliphatic heterocycles. The maximum Gasteiger partial charge on any atom is 0.253 e. The van der Waals surface area contributed by atoms with Crippen molar-refractivity contribution < 1.29 is 14.7 Å². The summed E-state index contributed by atoms with van der Waals surface area (Å²) in [5.41, 5.74) is 2.58. The lowest BCUT2D eigenvalue weighted by atomic mass is 10.0. The Morgan fingerprint density at radius 2 is 1.73 bits per heavy atom. The van der Waals surface area contributed by atoms with Gasteiger partial charge in [-0.25, -0.2) is 0 Å². The summed E-state index contributed by atoms with van der Waals surface area (Å²) in [6, 6.07) is 17.2. The zero-order chi connectivity index (χ0) is 21.7. The molecule has 160 valence electrons. The number of hydrogen-bond acceptors (Lipinski definition) is 4. The Morgan fingerprint density at radius 3 is 2.30 bits per heavy atom. The van der Waals surface area contributed by atoms with E-state index >= 15 is 0 Å². The van der Waals surface area contributed by atoms with Gasteiger partial charge in [0.05, 0.1) is 18.6 Å². The number of benzene rings is 2. The van der Waals surface area contributed by atoms with E-state index in [-0.39, 0.29) is 30.4 Å². The highest BCUT2D eigenvalue weighted by molar-refractivity contribution is 5.94. The summed E-state index contributed by atoms with van der Waals surface area (Å²) in [6.07, 6.45) is 0.765. The van der Waals surface area contributed by atoms with E-state index in [0.717, 1.165) is 24.1 Å². The Kier molecular flexibility index (Phi) is 7.24. The molecule has 0 aromatic heterocycles. The second-order valence-corrected chi connectivity index (χ2v) is 8.21. The number of aliphatic hydroxyl groups is 1. The predicted molar refractivity (Wildman–Crippen MR) is 117 cm³/mol. The average Bonchev–Trinajstić information content (AvgIpc) is 3.17. The summed E-state index contributed by atoms with van der Waals surface area (Å²) in [6.45, 7) is 2.18. The number of amides is 2. The fourth-order valence-corrected chi connectivity index (χ4v) is 3.85. The normalized spacial score (nSPS) is 17.5. The van der Waals surface area contributed by atoms with E-state index in [2.05, 4.69) is 4.90 Å². The number of likely N-dealkylation sites (tertiary alicyclic amines) is 1. The van der Waals surface area contributed by atoms with Crippen molar-refractivity contribution in [3.05, 3.63) is 71.3 Å². The van der Waals surface area contributed by atoms with E-state index in [0.29, 0.717) is 18.7 Å². The highest BCUT2D eigenvalue weighted by Crippen LogP contribution is 2.24. The molecule has 30 heavy (non-hydrogen) atoms. The molecule has 2 aromatic rings. The van der Waals surface area contributed by atoms with Gasteiger partial charge in [-0.05, 0) is 29.7 Å². The number of carbonyl (C=O) groups excluding carboxylic acids is 2. The van der Waals surface area contributed by atoms with E-state index in [1.165, 1.54) is 4.90 Å². The molecular weight excluding hydrogens is 378 g/mol. The average molecular weight is 410 g/mol. The molecule has 2 atom stereocenters. The lowest BCUT2D eigenvalue weighted by molar-refractivity contribution is -0.131. The van der Waals surface area contributed by atoms with E-state index in [9.17, 15) is 14.7 Å². The fraction of sp³-hybridized carbons (Fsp3) is 0.417. The molecule has 3 rings (SSSR count). The quantitative estimate of drug-likeness (QED) is 0.762. The summed E-state index contributed by atoms with van der Waals surface area (Å²) in [4.78, 5) is 30.7. The van der Waals surface area contributed by atoms with Crippen LogP contribution in [0.4, 0.5) is 0 Å². The van der Waals surface area contributed by atoms with Crippen LogP contribution in [0.3, 0.4) is 0 Å². The number of hydrogen-bond donors (Lipinski definition) is 1. The van der Waals surface area contributed by atoms with Gasteiger partial charge in [-0.1, -0.05) is 42.5 Å². The first kappa shape index (κ1) is 22.0. The van der Waals surface area contributed by atoms with Crippen molar-refractivity contribution in [2.75, 3.05) is 40.8 Å². The van der Waals surface area contributed by atoms with Crippen molar-refractivity contribution in [3.63, 3.8) is 0 Å². The Morgan fingerprint density at radius 1 is 1.07 bits per heavy atom. The minimum absolute atomic E-state index is 0.0234. The third-order valence-corrected chi connectivity index (χ3v) is 5.69. The lowest BCUT2D eigenvalue weighted by Crippen LogP contribution is -2.39. The van der Waals surface area contributed by atoms with Gasteiger partial charge in [-0.15, -0.1) is 0 Å². The molecule has 0 bridgehead atoms. The fourth-order valence-electron chi connectivity index (χ4n) is 3.85. The molecule has 6 heteroatoms. The van der Waals surface area contributed by atoms with Crippen molar-refractivity contribution >= 4 is 11.8 Å². The minimum Gasteiger partial charge on any atom is -0.392 e. The number of carbonyl (C=O) groups is 2. The summed E-state index contributed by atoms with van der Waals surface area (Å²) in [5.74, 6) is -0.0304. The Hall–Kier alpha value is -2.70. The van der Waals surface area contributed by atoms with Crippen LogP contribution in [-0.2, 0) is 11.2 Å². The number of aliphatic hydroxyl groups excluding tert-OH is 1. The predicted octanol–water partition coefficient (Wildman–Crippen LogP) is 2.20. The molecule has 2 unspecified atom stereocenters. The smallest absolute Gasteiger partial charge is 0.253 e. The largest absolute Gasteiger partial charge is 0.392 e. The van der Waals surface area contributed by atoms with Crippen molar-refractivity contribution in [1.29, 1.82) is 0 Å². The van der Waals surface area contributed by atoms with Gasteiger partial charge in [0.2, 0.25) is 5.91 Å². The molecule has 0 spiro atoms. The van der Waals surface area contributed by atoms with Crippen molar-refractivity contribution in [2.45, 2.75) is 25.0 Å². The molecule has 1 heterocycles. The zero-order valence-electron chi connectivity index (χ0n) is 18.0. The van der Waals surface area contributed by atoms with Crippen LogP contribution in [-0.4, -0.2) is 78.5 Å². The SMILES string of the molecule is CN(C)C(=O)c1ccc(CC(=O)N(C)C(CN2CCC(O)C2)c2ccccc2)cc1. The van der Waals surface area contributed by atoms with E-state index in [1.807, 2.05) is 49.5 Å². The molecule has 0 saturated carbocycles. The van der Waals surface area contributed by atoms with Gasteiger partial charge in [-0.3, -0.25) is 14.5 Å². The highest BCUT2D eigenvalue weighted by Gasteiger charge is 2.28. The van der Waals surface area contributed by atoms with Gasteiger partial charge in [0.1, 0.15) is 0 Å². The molecule has 2 aromatic carbocycles. The topological polar surface area (TPSA) is 64.1 Å². The standard InChI is InChI=1S/C24H31N3O3/c1-25(2)24(30)20-11-9-18(10-12-20)15-23(29)26(3)22(19-7-5-4-6-8-19)17-27-14-13-21(28)16-27/h4-12,21-22,28H,13-17H2,1-3H3. The summed E-state index contributed by atoms with van der Waals surface area (Å²) >= 11 is 0. The first-order valence-electron chi connectivity index (χ1n) is 10.4. The molecule has 0 radical (unpaired) electrons. The van der Waals surface area contributed by atoms with Crippen LogP contribution in [0, 0.1) is 0 Å². The van der Waals surface area contributed by atoms with Crippen molar-refractivity contribution in [2.24, 2.45) is 0 Å². The summed E-state index contributed by atoms with van der Waals surface area (Å²) in [5, 5.41) is 9.87. The third kappa shape index (κ3) is 5.46. The second kappa shape index (κ2) is 9.87. The molecule has 1 N–H and O–H groups in total. The minimum atomic E-state index is -0.286. The first-order valence-corrected chi connectivity index (χ1v) is 10.4. The number of nitrogens with zero attached hydrogens (tertiary/aromatic N) is 3. The maximum atomic E-state index is 13.1. The molecule has 2 amide bonds. The highest BCUT2D eigenvalue weighted by atomic mass is 16.3. The molecule has 6 nitrogen and oxygen atoms in total. The van der Waals surface area contributed by atoms with Gasteiger partial charge >= 0.3 is 0 Å². The molecule has 1 saturated heterocycles. The van der Waals surface area contributed by atoms with Crippen LogP contribution in [0.1, 0.15) is 33.9 Å². The maximum absolute atomic E-state index is 13.1. The van der Waals surface area contributed by atoms with Crippen LogP contribution in [0.25, 0.3) is 0 Å². The van der Waals surface area contributed by atoms with E-state index in [1.54, 1.807) is 31.1 Å². The number of likely N-dealkylation sites (N-methyl/N-ethyl adjacent to an activating group) is 1. The van der Waals surface area contributed by atoms with Crippen LogP contribution in [0.2, 0.25) is 0 Å². The van der Waals surface area contributed by atoms with Gasteiger partial charge in [-0.2, -0.15) is 0 Å². The lowest BCUT2D eigenvalue weighted by Gasteiger charge is -2.32. The zero-order valence-corrected chi connectivity index (χ0v) is 18.0. The van der Waals surface area contributed by atoms with Crippen molar-refractivity contribution in [3.8, 4) is 0 Å². The molecule has 1 aliphatic rings. The molecular formula is C24H31N3O3. The summed E-state index contributed by atoms with van der Waals surface area (Å²) < 4.78 is 0. The first-order chi connectivity index (χ1) is 14.3. The monoisotopic (exact) mass is 409 g/mol. The molecule has 1 fully saturated rings.